The van der Waals surface area contributed by atoms with Crippen LogP contribution in [-0.4, -0.2) is 37.6 Å². The maximum absolute atomic E-state index is 12.2. The Labute approximate surface area is 129 Å². The van der Waals surface area contributed by atoms with Crippen LogP contribution in [0.2, 0.25) is 10.0 Å². The minimum absolute atomic E-state index is 0.0934. The largest absolute Gasteiger partial charge is 0.324 e. The second kappa shape index (κ2) is 7.16. The predicted molar refractivity (Wildman–Crippen MR) is 83.7 cm³/mol. The highest BCUT2D eigenvalue weighted by Crippen LogP contribution is 2.23. The molecular formula is C14H19Cl2N3O. The molecule has 2 amide bonds. The van der Waals surface area contributed by atoms with E-state index in [1.165, 1.54) is 0 Å². The summed E-state index contributed by atoms with van der Waals surface area (Å²) >= 11 is 11.9. The van der Waals surface area contributed by atoms with E-state index in [2.05, 4.69) is 10.6 Å². The van der Waals surface area contributed by atoms with E-state index in [0.717, 1.165) is 32.5 Å². The topological polar surface area (TPSA) is 44.4 Å². The highest BCUT2D eigenvalue weighted by molar-refractivity contribution is 6.35. The molecule has 6 heteroatoms. The third kappa shape index (κ3) is 4.27. The molecule has 1 aromatic rings. The molecule has 1 aliphatic heterocycles. The van der Waals surface area contributed by atoms with E-state index in [1.807, 2.05) is 11.9 Å². The van der Waals surface area contributed by atoms with Crippen LogP contribution in [-0.2, 0) is 0 Å². The van der Waals surface area contributed by atoms with E-state index in [4.69, 9.17) is 23.2 Å². The maximum Gasteiger partial charge on any atom is 0.321 e. The molecule has 0 saturated carbocycles. The van der Waals surface area contributed by atoms with Crippen molar-refractivity contribution < 1.29 is 4.79 Å². The lowest BCUT2D eigenvalue weighted by Crippen LogP contribution is -2.44. The summed E-state index contributed by atoms with van der Waals surface area (Å²) in [6.07, 6.45) is 2.20. The zero-order valence-electron chi connectivity index (χ0n) is 11.5. The second-order valence-electron chi connectivity index (χ2n) is 5.10. The number of piperidine rings is 1. The van der Waals surface area contributed by atoms with Crippen LogP contribution in [0.5, 0.6) is 0 Å². The van der Waals surface area contributed by atoms with Crippen LogP contribution in [0, 0.1) is 5.92 Å². The van der Waals surface area contributed by atoms with Crippen molar-refractivity contribution in [3.8, 4) is 0 Å². The average molecular weight is 316 g/mol. The summed E-state index contributed by atoms with van der Waals surface area (Å²) in [5.74, 6) is 0.516. The number of carbonyl (C=O) groups excluding carboxylic acids is 1. The van der Waals surface area contributed by atoms with Crippen molar-refractivity contribution in [1.82, 2.24) is 10.2 Å². The van der Waals surface area contributed by atoms with Gasteiger partial charge in [0.25, 0.3) is 0 Å². The number of hydrogen-bond donors (Lipinski definition) is 2. The fourth-order valence-corrected chi connectivity index (χ4v) is 3.06. The van der Waals surface area contributed by atoms with Gasteiger partial charge in [0.05, 0.1) is 0 Å². The summed E-state index contributed by atoms with van der Waals surface area (Å²) in [6.45, 7) is 2.51. The third-order valence-corrected chi connectivity index (χ3v) is 3.85. The lowest BCUT2D eigenvalue weighted by molar-refractivity contribution is 0.177. The predicted octanol–water partition coefficient (Wildman–Crippen LogP) is 3.46. The van der Waals surface area contributed by atoms with Gasteiger partial charge in [0.2, 0.25) is 0 Å². The highest BCUT2D eigenvalue weighted by Gasteiger charge is 2.23. The Balaban J connectivity index is 1.97. The molecule has 1 heterocycles. The normalized spacial score (nSPS) is 18.9. The fourth-order valence-electron chi connectivity index (χ4n) is 2.53. The van der Waals surface area contributed by atoms with Gasteiger partial charge >= 0.3 is 6.03 Å². The number of hydrogen-bond acceptors (Lipinski definition) is 2. The van der Waals surface area contributed by atoms with E-state index >= 15 is 0 Å². The molecule has 0 radical (unpaired) electrons. The number of nitrogens with zero attached hydrogens (tertiary/aromatic N) is 1. The lowest BCUT2D eigenvalue weighted by Gasteiger charge is -2.32. The minimum Gasteiger partial charge on any atom is -0.324 e. The van der Waals surface area contributed by atoms with Gasteiger partial charge in [-0.15, -0.1) is 0 Å². The molecule has 20 heavy (non-hydrogen) atoms. The van der Waals surface area contributed by atoms with Gasteiger partial charge in [0.1, 0.15) is 0 Å². The number of benzene rings is 1. The number of likely N-dealkylation sites (tertiary alicyclic amines) is 1. The number of carbonyl (C=O) groups is 1. The molecule has 1 aliphatic rings. The van der Waals surface area contributed by atoms with E-state index in [9.17, 15) is 4.79 Å². The van der Waals surface area contributed by atoms with Gasteiger partial charge in [-0.1, -0.05) is 23.2 Å². The smallest absolute Gasteiger partial charge is 0.321 e. The fraction of sp³-hybridized carbons (Fsp3) is 0.500. The summed E-state index contributed by atoms with van der Waals surface area (Å²) in [4.78, 5) is 14.1. The molecule has 0 bridgehead atoms. The molecule has 1 aromatic carbocycles. The van der Waals surface area contributed by atoms with Crippen LogP contribution >= 0.6 is 23.2 Å². The molecule has 1 unspecified atom stereocenters. The zero-order valence-corrected chi connectivity index (χ0v) is 13.0. The Hall–Kier alpha value is -0.970. The average Bonchev–Trinajstić information content (AvgIpc) is 2.38. The van der Waals surface area contributed by atoms with E-state index in [0.29, 0.717) is 21.7 Å². The van der Waals surface area contributed by atoms with Crippen LogP contribution in [0.3, 0.4) is 0 Å². The number of nitrogens with one attached hydrogen (secondary N) is 2. The summed E-state index contributed by atoms with van der Waals surface area (Å²) in [6, 6.07) is 4.94. The Kier molecular flexibility index (Phi) is 5.52. The summed E-state index contributed by atoms with van der Waals surface area (Å²) in [7, 11) is 1.94. The molecule has 1 fully saturated rings. The molecule has 110 valence electrons. The van der Waals surface area contributed by atoms with Gasteiger partial charge in [0.15, 0.2) is 0 Å². The summed E-state index contributed by atoms with van der Waals surface area (Å²) in [5.41, 5.74) is 0.628. The van der Waals surface area contributed by atoms with Gasteiger partial charge < -0.3 is 15.5 Å². The van der Waals surface area contributed by atoms with E-state index in [-0.39, 0.29) is 6.03 Å². The molecule has 1 atom stereocenters. The first-order valence-electron chi connectivity index (χ1n) is 6.75. The van der Waals surface area contributed by atoms with E-state index < -0.39 is 0 Å². The zero-order chi connectivity index (χ0) is 14.5. The first-order chi connectivity index (χ1) is 9.58. The number of anilines is 1. The number of amides is 2. The minimum atomic E-state index is -0.0934. The van der Waals surface area contributed by atoms with Crippen molar-refractivity contribution in [3.05, 3.63) is 28.2 Å². The quantitative estimate of drug-likeness (QED) is 0.897. The molecule has 4 nitrogen and oxygen atoms in total. The number of rotatable bonds is 3. The van der Waals surface area contributed by atoms with Crippen LogP contribution in [0.1, 0.15) is 12.8 Å². The Morgan fingerprint density at radius 1 is 1.35 bits per heavy atom. The molecular weight excluding hydrogens is 297 g/mol. The highest BCUT2D eigenvalue weighted by atomic mass is 35.5. The first-order valence-corrected chi connectivity index (χ1v) is 7.50. The summed E-state index contributed by atoms with van der Waals surface area (Å²) < 4.78 is 0. The molecule has 1 saturated heterocycles. The van der Waals surface area contributed by atoms with Crippen LogP contribution < -0.4 is 10.6 Å². The third-order valence-electron chi connectivity index (χ3n) is 3.41. The first kappa shape index (κ1) is 15.4. The van der Waals surface area contributed by atoms with Crippen LogP contribution in [0.4, 0.5) is 10.5 Å². The van der Waals surface area contributed by atoms with Crippen LogP contribution in [0.25, 0.3) is 0 Å². The maximum atomic E-state index is 12.2. The van der Waals surface area contributed by atoms with Crippen molar-refractivity contribution in [2.24, 2.45) is 5.92 Å². The van der Waals surface area contributed by atoms with Gasteiger partial charge in [0, 0.05) is 28.8 Å². The number of urea groups is 1. The SMILES string of the molecule is CNCC1CCCN(C(=O)Nc2cc(Cl)cc(Cl)c2)C1. The molecule has 0 aromatic heterocycles. The van der Waals surface area contributed by atoms with Crippen molar-refractivity contribution in [3.63, 3.8) is 0 Å². The Bertz CT molecular complexity index is 459. The standard InChI is InChI=1S/C14H19Cl2N3O/c1-17-8-10-3-2-4-19(9-10)14(20)18-13-6-11(15)5-12(16)7-13/h5-7,10,17H,2-4,8-9H2,1H3,(H,18,20). The second-order valence-corrected chi connectivity index (χ2v) is 5.97. The van der Waals surface area contributed by atoms with Crippen molar-refractivity contribution >= 4 is 34.9 Å². The summed E-state index contributed by atoms with van der Waals surface area (Å²) in [5, 5.41) is 7.05. The molecule has 0 spiro atoms. The Morgan fingerprint density at radius 2 is 2.05 bits per heavy atom. The monoisotopic (exact) mass is 315 g/mol. The van der Waals surface area contributed by atoms with Crippen LogP contribution in [0.15, 0.2) is 18.2 Å². The molecule has 0 aliphatic carbocycles. The molecule has 2 N–H and O–H groups in total. The van der Waals surface area contributed by atoms with Crippen molar-refractivity contribution in [2.45, 2.75) is 12.8 Å². The van der Waals surface area contributed by atoms with E-state index in [1.54, 1.807) is 18.2 Å². The molecule has 2 rings (SSSR count). The van der Waals surface area contributed by atoms with Gasteiger partial charge in [-0.25, -0.2) is 4.79 Å². The van der Waals surface area contributed by atoms with Crippen molar-refractivity contribution in [1.29, 1.82) is 0 Å². The van der Waals surface area contributed by atoms with Crippen molar-refractivity contribution in [2.75, 3.05) is 32.0 Å². The van der Waals surface area contributed by atoms with Gasteiger partial charge in [-0.2, -0.15) is 0 Å². The number of halogens is 2. The Morgan fingerprint density at radius 3 is 2.70 bits per heavy atom. The lowest BCUT2D eigenvalue weighted by atomic mass is 9.98. The van der Waals surface area contributed by atoms with Gasteiger partial charge in [-0.05, 0) is 50.6 Å². The van der Waals surface area contributed by atoms with Gasteiger partial charge in [-0.3, -0.25) is 0 Å².